The van der Waals surface area contributed by atoms with Gasteiger partial charge in [-0.25, -0.2) is 4.79 Å². The summed E-state index contributed by atoms with van der Waals surface area (Å²) < 4.78 is 5.15. The third kappa shape index (κ3) is 6.51. The predicted octanol–water partition coefficient (Wildman–Crippen LogP) is 3.34. The maximum absolute atomic E-state index is 12.4. The average Bonchev–Trinajstić information content (AvgIpc) is 2.63. The van der Waals surface area contributed by atoms with Crippen LogP contribution in [-0.4, -0.2) is 28.8 Å². The van der Waals surface area contributed by atoms with Crippen LogP contribution in [0, 0.1) is 0 Å². The van der Waals surface area contributed by atoms with E-state index in [0.717, 1.165) is 16.9 Å². The molecule has 2 rings (SSSR count). The fourth-order valence-corrected chi connectivity index (χ4v) is 3.18. The highest BCUT2D eigenvalue weighted by Crippen LogP contribution is 2.25. The number of aliphatic carboxylic acids is 1. The number of carbonyl (C=O) groups is 2. The Morgan fingerprint density at radius 3 is 2.60 bits per heavy atom. The van der Waals surface area contributed by atoms with E-state index in [4.69, 9.17) is 9.84 Å². The normalized spacial score (nSPS) is 11.6. The number of amides is 1. The van der Waals surface area contributed by atoms with Crippen LogP contribution in [-0.2, 0) is 16.1 Å². The Balaban J connectivity index is 1.89. The van der Waals surface area contributed by atoms with Crippen LogP contribution in [0.3, 0.4) is 0 Å². The molecule has 0 aliphatic rings. The van der Waals surface area contributed by atoms with Crippen molar-refractivity contribution in [1.82, 2.24) is 5.32 Å². The minimum Gasteiger partial charge on any atom is -0.482 e. The molecule has 132 valence electrons. The molecule has 0 heterocycles. The second-order valence-corrected chi connectivity index (χ2v) is 6.65. The first-order chi connectivity index (χ1) is 12.1. The van der Waals surface area contributed by atoms with Crippen molar-refractivity contribution in [2.45, 2.75) is 30.0 Å². The number of rotatable bonds is 9. The molecule has 0 aliphatic carbocycles. The first kappa shape index (κ1) is 18.9. The van der Waals surface area contributed by atoms with Gasteiger partial charge in [0, 0.05) is 11.4 Å². The molecular formula is C19H21NO4S. The van der Waals surface area contributed by atoms with E-state index < -0.39 is 5.97 Å². The van der Waals surface area contributed by atoms with Crippen molar-refractivity contribution in [2.24, 2.45) is 0 Å². The topological polar surface area (TPSA) is 75.6 Å². The van der Waals surface area contributed by atoms with Crippen LogP contribution >= 0.6 is 11.8 Å². The van der Waals surface area contributed by atoms with E-state index in [-0.39, 0.29) is 17.8 Å². The van der Waals surface area contributed by atoms with Crippen molar-refractivity contribution in [3.05, 3.63) is 60.2 Å². The van der Waals surface area contributed by atoms with Gasteiger partial charge in [0.2, 0.25) is 5.91 Å². The molecule has 2 aromatic carbocycles. The molecule has 6 heteroatoms. The van der Waals surface area contributed by atoms with Crippen molar-refractivity contribution in [3.8, 4) is 5.75 Å². The van der Waals surface area contributed by atoms with Crippen LogP contribution in [0.5, 0.6) is 5.75 Å². The van der Waals surface area contributed by atoms with Gasteiger partial charge in [0.15, 0.2) is 6.61 Å². The lowest BCUT2D eigenvalue weighted by molar-refractivity contribution is -0.139. The zero-order chi connectivity index (χ0) is 18.1. The van der Waals surface area contributed by atoms with Crippen LogP contribution in [0.25, 0.3) is 0 Å². The van der Waals surface area contributed by atoms with E-state index in [1.807, 2.05) is 43.3 Å². The van der Waals surface area contributed by atoms with E-state index in [9.17, 15) is 9.59 Å². The van der Waals surface area contributed by atoms with Gasteiger partial charge >= 0.3 is 5.97 Å². The second-order valence-electron chi connectivity index (χ2n) is 5.38. The molecule has 0 saturated carbocycles. The molecule has 1 atom stereocenters. The summed E-state index contributed by atoms with van der Waals surface area (Å²) in [5.74, 6) is -0.574. The van der Waals surface area contributed by atoms with Crippen molar-refractivity contribution in [3.63, 3.8) is 0 Å². The number of hydrogen-bond acceptors (Lipinski definition) is 4. The summed E-state index contributed by atoms with van der Waals surface area (Å²) in [6.07, 6.45) is 0.729. The SMILES string of the molecule is CCC(Sc1ccccc1)C(=O)NCc1cccc(OCC(=O)O)c1. The molecule has 0 bridgehead atoms. The molecular weight excluding hydrogens is 338 g/mol. The number of thioether (sulfide) groups is 1. The monoisotopic (exact) mass is 359 g/mol. The summed E-state index contributed by atoms with van der Waals surface area (Å²) in [6, 6.07) is 16.9. The van der Waals surface area contributed by atoms with E-state index >= 15 is 0 Å². The summed E-state index contributed by atoms with van der Waals surface area (Å²) in [4.78, 5) is 24.0. The highest BCUT2D eigenvalue weighted by Gasteiger charge is 2.17. The number of nitrogens with one attached hydrogen (secondary N) is 1. The van der Waals surface area contributed by atoms with E-state index in [0.29, 0.717) is 12.3 Å². The standard InChI is InChI=1S/C19H21NO4S/c1-2-17(25-16-9-4-3-5-10-16)19(23)20-12-14-7-6-8-15(11-14)24-13-18(21)22/h3-11,17H,2,12-13H2,1H3,(H,20,23)(H,21,22). The minimum absolute atomic E-state index is 0.0202. The lowest BCUT2D eigenvalue weighted by Gasteiger charge is -2.15. The zero-order valence-electron chi connectivity index (χ0n) is 14.0. The Bertz CT molecular complexity index is 706. The van der Waals surface area contributed by atoms with Crippen molar-refractivity contribution < 1.29 is 19.4 Å². The zero-order valence-corrected chi connectivity index (χ0v) is 14.8. The summed E-state index contributed by atoms with van der Waals surface area (Å²) >= 11 is 1.54. The molecule has 0 aromatic heterocycles. The molecule has 2 N–H and O–H groups in total. The van der Waals surface area contributed by atoms with Gasteiger partial charge in [-0.3, -0.25) is 4.79 Å². The molecule has 1 unspecified atom stereocenters. The molecule has 0 saturated heterocycles. The van der Waals surface area contributed by atoms with E-state index in [1.54, 1.807) is 30.0 Å². The summed E-state index contributed by atoms with van der Waals surface area (Å²) in [5, 5.41) is 11.4. The smallest absolute Gasteiger partial charge is 0.341 e. The van der Waals surface area contributed by atoms with Crippen molar-refractivity contribution in [1.29, 1.82) is 0 Å². The Morgan fingerprint density at radius 2 is 1.92 bits per heavy atom. The quantitative estimate of drug-likeness (QED) is 0.672. The maximum atomic E-state index is 12.4. The van der Waals surface area contributed by atoms with Crippen LogP contribution < -0.4 is 10.1 Å². The molecule has 5 nitrogen and oxygen atoms in total. The fraction of sp³-hybridized carbons (Fsp3) is 0.263. The molecule has 25 heavy (non-hydrogen) atoms. The molecule has 0 aliphatic heterocycles. The number of benzene rings is 2. The van der Waals surface area contributed by atoms with Gasteiger partial charge in [0.25, 0.3) is 0 Å². The van der Waals surface area contributed by atoms with Gasteiger partial charge in [-0.15, -0.1) is 11.8 Å². The van der Waals surface area contributed by atoms with Crippen LogP contribution in [0.4, 0.5) is 0 Å². The molecule has 0 radical (unpaired) electrons. The highest BCUT2D eigenvalue weighted by atomic mass is 32.2. The van der Waals surface area contributed by atoms with Crippen LogP contribution in [0.2, 0.25) is 0 Å². The summed E-state index contributed by atoms with van der Waals surface area (Å²) in [7, 11) is 0. The molecule has 0 fully saturated rings. The van der Waals surface area contributed by atoms with E-state index in [2.05, 4.69) is 5.32 Å². The van der Waals surface area contributed by atoms with Gasteiger partial charge in [-0.1, -0.05) is 37.3 Å². The number of carboxylic acids is 1. The van der Waals surface area contributed by atoms with Crippen molar-refractivity contribution >= 4 is 23.6 Å². The van der Waals surface area contributed by atoms with E-state index in [1.165, 1.54) is 0 Å². The lowest BCUT2D eigenvalue weighted by Crippen LogP contribution is -2.31. The van der Waals surface area contributed by atoms with Crippen LogP contribution in [0.1, 0.15) is 18.9 Å². The first-order valence-corrected chi connectivity index (χ1v) is 8.89. The minimum atomic E-state index is -1.03. The number of carbonyl (C=O) groups excluding carboxylic acids is 1. The Hall–Kier alpha value is -2.47. The predicted molar refractivity (Wildman–Crippen MR) is 97.8 cm³/mol. The third-order valence-corrected chi connectivity index (χ3v) is 4.79. The highest BCUT2D eigenvalue weighted by molar-refractivity contribution is 8.00. The summed E-state index contributed by atoms with van der Waals surface area (Å²) in [6.45, 7) is 1.97. The second kappa shape index (κ2) is 9.74. The fourth-order valence-electron chi connectivity index (χ4n) is 2.18. The van der Waals surface area contributed by atoms with Gasteiger partial charge < -0.3 is 15.2 Å². The van der Waals surface area contributed by atoms with Gasteiger partial charge in [0.05, 0.1) is 5.25 Å². The molecule has 1 amide bonds. The van der Waals surface area contributed by atoms with Gasteiger partial charge in [-0.05, 0) is 36.2 Å². The maximum Gasteiger partial charge on any atom is 0.341 e. The first-order valence-electron chi connectivity index (χ1n) is 8.01. The van der Waals surface area contributed by atoms with Crippen LogP contribution in [0.15, 0.2) is 59.5 Å². The lowest BCUT2D eigenvalue weighted by atomic mass is 10.2. The molecule has 2 aromatic rings. The van der Waals surface area contributed by atoms with Crippen molar-refractivity contribution in [2.75, 3.05) is 6.61 Å². The number of ether oxygens (including phenoxy) is 1. The summed E-state index contributed by atoms with van der Waals surface area (Å²) in [5.41, 5.74) is 0.857. The Labute approximate surface area is 151 Å². The molecule has 0 spiro atoms. The third-order valence-electron chi connectivity index (χ3n) is 3.41. The average molecular weight is 359 g/mol. The number of hydrogen-bond donors (Lipinski definition) is 2. The largest absolute Gasteiger partial charge is 0.482 e. The Morgan fingerprint density at radius 1 is 1.16 bits per heavy atom. The van der Waals surface area contributed by atoms with Gasteiger partial charge in [-0.2, -0.15) is 0 Å². The number of carboxylic acid groups (broad SMARTS) is 1. The Kier molecular flexibility index (Phi) is 7.35. The van der Waals surface area contributed by atoms with Gasteiger partial charge in [0.1, 0.15) is 5.75 Å².